The van der Waals surface area contributed by atoms with E-state index in [4.69, 9.17) is 9.47 Å². The van der Waals surface area contributed by atoms with Gasteiger partial charge in [-0.05, 0) is 31.7 Å². The van der Waals surface area contributed by atoms with E-state index in [0.717, 1.165) is 19.3 Å². The predicted octanol–water partition coefficient (Wildman–Crippen LogP) is 2.92. The summed E-state index contributed by atoms with van der Waals surface area (Å²) in [5, 5.41) is 6.90. The van der Waals surface area contributed by atoms with Gasteiger partial charge in [0.1, 0.15) is 0 Å². The lowest BCUT2D eigenvalue weighted by Gasteiger charge is -2.34. The van der Waals surface area contributed by atoms with Gasteiger partial charge < -0.3 is 20.1 Å². The third-order valence-electron chi connectivity index (χ3n) is 5.26. The summed E-state index contributed by atoms with van der Waals surface area (Å²) in [5.74, 6) is 0.00680. The molecule has 1 heterocycles. The molecule has 3 rings (SSSR count). The molecular weight excluding hydrogens is 316 g/mol. The van der Waals surface area contributed by atoms with Crippen molar-refractivity contribution in [2.45, 2.75) is 63.3 Å². The smallest absolute Gasteiger partial charge is 0.225 e. The van der Waals surface area contributed by atoms with Gasteiger partial charge in [0.15, 0.2) is 6.29 Å². The van der Waals surface area contributed by atoms with Gasteiger partial charge in [-0.25, -0.2) is 0 Å². The Labute approximate surface area is 150 Å². The highest BCUT2D eigenvalue weighted by Crippen LogP contribution is 2.31. The van der Waals surface area contributed by atoms with Crippen molar-refractivity contribution in [3.05, 3.63) is 35.9 Å². The van der Waals surface area contributed by atoms with Crippen molar-refractivity contribution in [3.63, 3.8) is 0 Å². The topological polar surface area (TPSA) is 59.6 Å². The first-order chi connectivity index (χ1) is 12.2. The fraction of sp³-hybridized carbons (Fsp3) is 0.650. The molecule has 1 aliphatic heterocycles. The minimum absolute atomic E-state index is 0.00680. The van der Waals surface area contributed by atoms with Gasteiger partial charge >= 0.3 is 0 Å². The molecule has 1 aromatic carbocycles. The van der Waals surface area contributed by atoms with Gasteiger partial charge in [0.05, 0.1) is 19.6 Å². The Balaban J connectivity index is 1.52. The van der Waals surface area contributed by atoms with Crippen LogP contribution in [0, 0.1) is 0 Å². The molecule has 0 bridgehead atoms. The SMILES string of the molecule is CC(NC1(CNC(=O)CC2OCCCO2)CCCC1)c1ccccc1. The average Bonchev–Trinajstić information content (AvgIpc) is 3.10. The summed E-state index contributed by atoms with van der Waals surface area (Å²) in [7, 11) is 0. The van der Waals surface area contributed by atoms with E-state index in [1.165, 1.54) is 18.4 Å². The highest BCUT2D eigenvalue weighted by atomic mass is 16.7. The molecule has 0 radical (unpaired) electrons. The molecule has 1 aromatic rings. The van der Waals surface area contributed by atoms with Crippen LogP contribution in [0.3, 0.4) is 0 Å². The zero-order chi connectivity index (χ0) is 17.5. The van der Waals surface area contributed by atoms with E-state index >= 15 is 0 Å². The lowest BCUT2D eigenvalue weighted by molar-refractivity contribution is -0.183. The number of hydrogen-bond acceptors (Lipinski definition) is 4. The maximum atomic E-state index is 12.3. The van der Waals surface area contributed by atoms with Crippen LogP contribution in [0.25, 0.3) is 0 Å². The van der Waals surface area contributed by atoms with Crippen molar-refractivity contribution in [1.29, 1.82) is 0 Å². The van der Waals surface area contributed by atoms with Gasteiger partial charge in [-0.2, -0.15) is 0 Å². The summed E-state index contributed by atoms with van der Waals surface area (Å²) in [6, 6.07) is 10.7. The Kier molecular flexibility index (Phi) is 6.45. The maximum Gasteiger partial charge on any atom is 0.225 e. The van der Waals surface area contributed by atoms with E-state index in [1.807, 2.05) is 6.07 Å². The summed E-state index contributed by atoms with van der Waals surface area (Å²) < 4.78 is 10.9. The summed E-state index contributed by atoms with van der Waals surface area (Å²) in [6.07, 6.45) is 5.41. The Morgan fingerprint density at radius 3 is 2.52 bits per heavy atom. The van der Waals surface area contributed by atoms with Crippen LogP contribution in [0.2, 0.25) is 0 Å². The zero-order valence-electron chi connectivity index (χ0n) is 15.1. The van der Waals surface area contributed by atoms with Crippen molar-refractivity contribution in [2.24, 2.45) is 0 Å². The van der Waals surface area contributed by atoms with Crippen molar-refractivity contribution in [3.8, 4) is 0 Å². The summed E-state index contributed by atoms with van der Waals surface area (Å²) >= 11 is 0. The van der Waals surface area contributed by atoms with E-state index < -0.39 is 0 Å². The van der Waals surface area contributed by atoms with Gasteiger partial charge in [-0.3, -0.25) is 4.79 Å². The molecule has 25 heavy (non-hydrogen) atoms. The fourth-order valence-electron chi connectivity index (χ4n) is 3.85. The number of nitrogens with one attached hydrogen (secondary N) is 2. The Morgan fingerprint density at radius 2 is 1.84 bits per heavy atom. The number of amides is 1. The molecule has 1 aliphatic carbocycles. The largest absolute Gasteiger partial charge is 0.354 e. The second-order valence-corrected chi connectivity index (χ2v) is 7.27. The Hall–Kier alpha value is -1.43. The number of benzene rings is 1. The molecule has 138 valence electrons. The number of carbonyl (C=O) groups excluding carboxylic acids is 1. The molecule has 1 saturated carbocycles. The molecule has 5 heteroatoms. The van der Waals surface area contributed by atoms with Crippen LogP contribution in [0.5, 0.6) is 0 Å². The minimum atomic E-state index is -0.385. The van der Waals surface area contributed by atoms with Crippen LogP contribution in [-0.4, -0.2) is 37.5 Å². The van der Waals surface area contributed by atoms with Crippen LogP contribution in [0.1, 0.15) is 57.1 Å². The molecule has 1 saturated heterocycles. The molecule has 1 atom stereocenters. The highest BCUT2D eigenvalue weighted by Gasteiger charge is 2.35. The third kappa shape index (κ3) is 5.27. The van der Waals surface area contributed by atoms with Gasteiger partial charge in [-0.1, -0.05) is 43.2 Å². The zero-order valence-corrected chi connectivity index (χ0v) is 15.1. The maximum absolute atomic E-state index is 12.3. The van der Waals surface area contributed by atoms with Crippen LogP contribution in [-0.2, 0) is 14.3 Å². The standard InChI is InChI=1S/C20H30N2O3/c1-16(17-8-3-2-4-9-17)22-20(10-5-6-11-20)15-21-18(23)14-19-24-12-7-13-25-19/h2-4,8-9,16,19,22H,5-7,10-15H2,1H3,(H,21,23). The molecular formula is C20H30N2O3. The molecule has 0 spiro atoms. The van der Waals surface area contributed by atoms with Crippen molar-refractivity contribution in [2.75, 3.05) is 19.8 Å². The number of hydrogen-bond donors (Lipinski definition) is 2. The summed E-state index contributed by atoms with van der Waals surface area (Å²) in [5.41, 5.74) is 1.27. The van der Waals surface area contributed by atoms with Crippen LogP contribution < -0.4 is 10.6 Å². The van der Waals surface area contributed by atoms with Gasteiger partial charge in [0, 0.05) is 18.1 Å². The third-order valence-corrected chi connectivity index (χ3v) is 5.26. The second-order valence-electron chi connectivity index (χ2n) is 7.27. The minimum Gasteiger partial charge on any atom is -0.354 e. The molecule has 5 nitrogen and oxygen atoms in total. The van der Waals surface area contributed by atoms with Crippen molar-refractivity contribution in [1.82, 2.24) is 10.6 Å². The van der Waals surface area contributed by atoms with E-state index in [0.29, 0.717) is 19.8 Å². The van der Waals surface area contributed by atoms with E-state index in [-0.39, 0.29) is 30.2 Å². The molecule has 2 N–H and O–H groups in total. The summed E-state index contributed by atoms with van der Waals surface area (Å²) in [6.45, 7) is 4.21. The molecule has 1 amide bonds. The highest BCUT2D eigenvalue weighted by molar-refractivity contribution is 5.76. The predicted molar refractivity (Wildman–Crippen MR) is 97.1 cm³/mol. The van der Waals surface area contributed by atoms with Gasteiger partial charge in [0.2, 0.25) is 5.91 Å². The molecule has 0 aromatic heterocycles. The Bertz CT molecular complexity index is 537. The Morgan fingerprint density at radius 1 is 1.16 bits per heavy atom. The van der Waals surface area contributed by atoms with E-state index in [9.17, 15) is 4.79 Å². The second kappa shape index (κ2) is 8.79. The van der Waals surface area contributed by atoms with Crippen molar-refractivity contribution < 1.29 is 14.3 Å². The van der Waals surface area contributed by atoms with E-state index in [1.54, 1.807) is 0 Å². The van der Waals surface area contributed by atoms with Gasteiger partial charge in [0.25, 0.3) is 0 Å². The fourth-order valence-corrected chi connectivity index (χ4v) is 3.85. The van der Waals surface area contributed by atoms with Crippen LogP contribution in [0.4, 0.5) is 0 Å². The van der Waals surface area contributed by atoms with Crippen LogP contribution >= 0.6 is 0 Å². The number of rotatable bonds is 7. The number of carbonyl (C=O) groups is 1. The first-order valence-electron chi connectivity index (χ1n) is 9.49. The lowest BCUT2D eigenvalue weighted by Crippen LogP contribution is -2.52. The summed E-state index contributed by atoms with van der Waals surface area (Å²) in [4.78, 5) is 12.3. The monoisotopic (exact) mass is 346 g/mol. The lowest BCUT2D eigenvalue weighted by atomic mass is 9.94. The first-order valence-corrected chi connectivity index (χ1v) is 9.49. The normalized spacial score (nSPS) is 21.8. The van der Waals surface area contributed by atoms with Crippen molar-refractivity contribution >= 4 is 5.91 Å². The quantitative estimate of drug-likeness (QED) is 0.797. The van der Waals surface area contributed by atoms with E-state index in [2.05, 4.69) is 41.8 Å². The average molecular weight is 346 g/mol. The first kappa shape index (κ1) is 18.4. The molecule has 1 unspecified atom stereocenters. The molecule has 2 aliphatic rings. The van der Waals surface area contributed by atoms with Gasteiger partial charge in [-0.15, -0.1) is 0 Å². The van der Waals surface area contributed by atoms with Crippen LogP contribution in [0.15, 0.2) is 30.3 Å². The molecule has 2 fully saturated rings. The number of ether oxygens (including phenoxy) is 2.